The van der Waals surface area contributed by atoms with Gasteiger partial charge in [-0.05, 0) is 24.1 Å². The minimum Gasteiger partial charge on any atom is -0.337 e. The summed E-state index contributed by atoms with van der Waals surface area (Å²) in [6.07, 6.45) is 2.55. The average molecular weight is 336 g/mol. The zero-order chi connectivity index (χ0) is 14.7. The fourth-order valence-corrected chi connectivity index (χ4v) is 2.38. The summed E-state index contributed by atoms with van der Waals surface area (Å²) in [6, 6.07) is 7.99. The predicted octanol–water partition coefficient (Wildman–Crippen LogP) is 3.02. The Hall–Kier alpha value is -1.62. The van der Waals surface area contributed by atoms with Gasteiger partial charge in [0.05, 0.1) is 11.3 Å². The summed E-state index contributed by atoms with van der Waals surface area (Å²) in [5, 5.41) is 4.31. The lowest BCUT2D eigenvalue weighted by molar-refractivity contribution is 0.0784. The third-order valence-electron chi connectivity index (χ3n) is 3.15. The first kappa shape index (κ1) is 14.8. The van der Waals surface area contributed by atoms with Gasteiger partial charge in [-0.2, -0.15) is 5.10 Å². The van der Waals surface area contributed by atoms with Crippen molar-refractivity contribution in [2.75, 3.05) is 7.05 Å². The second kappa shape index (κ2) is 6.22. The summed E-state index contributed by atoms with van der Waals surface area (Å²) < 4.78 is 2.73. The third-order valence-corrected chi connectivity index (χ3v) is 3.68. The smallest absolute Gasteiger partial charge is 0.257 e. The number of rotatable bonds is 4. The van der Waals surface area contributed by atoms with E-state index in [1.165, 1.54) is 0 Å². The van der Waals surface area contributed by atoms with Gasteiger partial charge in [0.1, 0.15) is 0 Å². The lowest BCUT2D eigenvalue weighted by atomic mass is 10.1. The Morgan fingerprint density at radius 2 is 2.00 bits per heavy atom. The van der Waals surface area contributed by atoms with Crippen LogP contribution in [0.3, 0.4) is 0 Å². The van der Waals surface area contributed by atoms with E-state index in [0.717, 1.165) is 22.2 Å². The Morgan fingerprint density at radius 1 is 1.35 bits per heavy atom. The van der Waals surface area contributed by atoms with Gasteiger partial charge in [-0.3, -0.25) is 9.48 Å². The Labute approximate surface area is 127 Å². The van der Waals surface area contributed by atoms with Gasteiger partial charge in [0.25, 0.3) is 5.91 Å². The van der Waals surface area contributed by atoms with Crippen LogP contribution in [0.4, 0.5) is 0 Å². The van der Waals surface area contributed by atoms with Crippen molar-refractivity contribution in [1.82, 2.24) is 14.7 Å². The van der Waals surface area contributed by atoms with Crippen molar-refractivity contribution in [3.05, 3.63) is 51.8 Å². The number of amides is 1. The largest absolute Gasteiger partial charge is 0.337 e. The SMILES string of the molecule is CCc1nn(C)cc1C(=O)N(C)Cc1ccc(Br)cc1. The number of hydrogen-bond donors (Lipinski definition) is 0. The Kier molecular flexibility index (Phi) is 4.60. The predicted molar refractivity (Wildman–Crippen MR) is 82.5 cm³/mol. The van der Waals surface area contributed by atoms with E-state index in [4.69, 9.17) is 0 Å². The minimum absolute atomic E-state index is 0.0119. The molecule has 0 N–H and O–H groups in total. The molecule has 2 aromatic rings. The molecule has 0 radical (unpaired) electrons. The molecule has 0 saturated heterocycles. The van der Waals surface area contributed by atoms with Gasteiger partial charge in [-0.1, -0.05) is 35.0 Å². The fraction of sp³-hybridized carbons (Fsp3) is 0.333. The molecule has 20 heavy (non-hydrogen) atoms. The van der Waals surface area contributed by atoms with Crippen molar-refractivity contribution < 1.29 is 4.79 Å². The maximum Gasteiger partial charge on any atom is 0.257 e. The van der Waals surface area contributed by atoms with E-state index in [1.807, 2.05) is 45.3 Å². The molecular formula is C15H18BrN3O. The maximum atomic E-state index is 12.5. The molecule has 0 aliphatic rings. The van der Waals surface area contributed by atoms with E-state index in [0.29, 0.717) is 12.1 Å². The maximum absolute atomic E-state index is 12.5. The van der Waals surface area contributed by atoms with Crippen molar-refractivity contribution in [2.45, 2.75) is 19.9 Å². The average Bonchev–Trinajstić information content (AvgIpc) is 2.81. The van der Waals surface area contributed by atoms with E-state index < -0.39 is 0 Å². The summed E-state index contributed by atoms with van der Waals surface area (Å²) in [5.41, 5.74) is 2.64. The van der Waals surface area contributed by atoms with Gasteiger partial charge in [-0.15, -0.1) is 0 Å². The molecule has 2 rings (SSSR count). The van der Waals surface area contributed by atoms with Crippen molar-refractivity contribution in [2.24, 2.45) is 7.05 Å². The van der Waals surface area contributed by atoms with Crippen LogP contribution in [0.2, 0.25) is 0 Å². The summed E-state index contributed by atoms with van der Waals surface area (Å²) in [7, 11) is 3.65. The van der Waals surface area contributed by atoms with Crippen LogP contribution in [0, 0.1) is 0 Å². The topological polar surface area (TPSA) is 38.1 Å². The number of hydrogen-bond acceptors (Lipinski definition) is 2. The van der Waals surface area contributed by atoms with E-state index in [9.17, 15) is 4.79 Å². The Morgan fingerprint density at radius 3 is 2.60 bits per heavy atom. The van der Waals surface area contributed by atoms with Gasteiger partial charge in [0.2, 0.25) is 0 Å². The summed E-state index contributed by atoms with van der Waals surface area (Å²) >= 11 is 3.41. The monoisotopic (exact) mass is 335 g/mol. The van der Waals surface area contributed by atoms with Crippen LogP contribution < -0.4 is 0 Å². The zero-order valence-electron chi connectivity index (χ0n) is 11.9. The van der Waals surface area contributed by atoms with Crippen molar-refractivity contribution in [3.63, 3.8) is 0 Å². The van der Waals surface area contributed by atoms with Gasteiger partial charge in [0.15, 0.2) is 0 Å². The van der Waals surface area contributed by atoms with Gasteiger partial charge in [0, 0.05) is 31.3 Å². The number of nitrogens with zero attached hydrogens (tertiary/aromatic N) is 3. The van der Waals surface area contributed by atoms with E-state index in [2.05, 4.69) is 21.0 Å². The molecule has 106 valence electrons. The standard InChI is InChI=1S/C15H18BrN3O/c1-4-14-13(10-19(3)17-14)15(20)18(2)9-11-5-7-12(16)8-6-11/h5-8,10H,4,9H2,1-3H3. The highest BCUT2D eigenvalue weighted by atomic mass is 79.9. The Bertz CT molecular complexity index is 604. The molecule has 0 bridgehead atoms. The second-order valence-corrected chi connectivity index (χ2v) is 5.72. The first-order valence-electron chi connectivity index (χ1n) is 6.53. The van der Waals surface area contributed by atoms with Crippen LogP contribution in [-0.2, 0) is 20.0 Å². The molecule has 1 heterocycles. The molecule has 1 amide bonds. The molecule has 0 aliphatic carbocycles. The number of aryl methyl sites for hydroxylation is 2. The Balaban J connectivity index is 2.14. The normalized spacial score (nSPS) is 10.6. The first-order chi connectivity index (χ1) is 9.51. The molecule has 0 atom stereocenters. The second-order valence-electron chi connectivity index (χ2n) is 4.80. The quantitative estimate of drug-likeness (QED) is 0.861. The number of carbonyl (C=O) groups is 1. The number of carbonyl (C=O) groups excluding carboxylic acids is 1. The van der Waals surface area contributed by atoms with Gasteiger partial charge >= 0.3 is 0 Å². The molecule has 0 aliphatic heterocycles. The fourth-order valence-electron chi connectivity index (χ4n) is 2.12. The lowest BCUT2D eigenvalue weighted by Crippen LogP contribution is -2.26. The van der Waals surface area contributed by atoms with Crippen molar-refractivity contribution in [3.8, 4) is 0 Å². The lowest BCUT2D eigenvalue weighted by Gasteiger charge is -2.17. The molecule has 1 aromatic heterocycles. The molecule has 1 aromatic carbocycles. The highest BCUT2D eigenvalue weighted by molar-refractivity contribution is 9.10. The molecule has 0 fully saturated rings. The molecule has 0 saturated carbocycles. The summed E-state index contributed by atoms with van der Waals surface area (Å²) in [5.74, 6) is 0.0119. The van der Waals surface area contributed by atoms with Crippen LogP contribution in [-0.4, -0.2) is 27.6 Å². The molecule has 0 unspecified atom stereocenters. The van der Waals surface area contributed by atoms with Crippen LogP contribution >= 0.6 is 15.9 Å². The van der Waals surface area contributed by atoms with Crippen LogP contribution in [0.1, 0.15) is 28.5 Å². The van der Waals surface area contributed by atoms with Crippen LogP contribution in [0.5, 0.6) is 0 Å². The molecule has 5 heteroatoms. The number of aromatic nitrogens is 2. The number of benzene rings is 1. The van der Waals surface area contributed by atoms with Crippen LogP contribution in [0.25, 0.3) is 0 Å². The highest BCUT2D eigenvalue weighted by Crippen LogP contribution is 2.14. The number of halogens is 1. The summed E-state index contributed by atoms with van der Waals surface area (Å²) in [4.78, 5) is 14.2. The third kappa shape index (κ3) is 3.28. The van der Waals surface area contributed by atoms with Gasteiger partial charge < -0.3 is 4.90 Å². The molecule has 4 nitrogen and oxygen atoms in total. The summed E-state index contributed by atoms with van der Waals surface area (Å²) in [6.45, 7) is 2.60. The van der Waals surface area contributed by atoms with Crippen molar-refractivity contribution >= 4 is 21.8 Å². The van der Waals surface area contributed by atoms with Crippen molar-refractivity contribution in [1.29, 1.82) is 0 Å². The molecular weight excluding hydrogens is 318 g/mol. The minimum atomic E-state index is 0.0119. The van der Waals surface area contributed by atoms with E-state index in [1.54, 1.807) is 15.8 Å². The van der Waals surface area contributed by atoms with Gasteiger partial charge in [-0.25, -0.2) is 0 Å². The highest BCUT2D eigenvalue weighted by Gasteiger charge is 2.18. The van der Waals surface area contributed by atoms with Crippen LogP contribution in [0.15, 0.2) is 34.9 Å². The zero-order valence-corrected chi connectivity index (χ0v) is 13.5. The molecule has 0 spiro atoms. The van der Waals surface area contributed by atoms with E-state index >= 15 is 0 Å². The first-order valence-corrected chi connectivity index (χ1v) is 7.33. The van der Waals surface area contributed by atoms with E-state index in [-0.39, 0.29) is 5.91 Å².